The summed E-state index contributed by atoms with van der Waals surface area (Å²) in [4.78, 5) is 0. The van der Waals surface area contributed by atoms with Gasteiger partial charge in [0.2, 0.25) is 0 Å². The van der Waals surface area contributed by atoms with Gasteiger partial charge in [-0.2, -0.15) is 0 Å². The molecular formula is C15H10BrFN2O. The van der Waals surface area contributed by atoms with Crippen molar-refractivity contribution in [2.75, 3.05) is 5.73 Å². The Morgan fingerprint density at radius 3 is 2.50 bits per heavy atom. The fourth-order valence-electron chi connectivity index (χ4n) is 2.02. The second-order valence-electron chi connectivity index (χ2n) is 4.29. The molecule has 0 radical (unpaired) electrons. The van der Waals surface area contributed by atoms with Gasteiger partial charge in [-0.3, -0.25) is 0 Å². The quantitative estimate of drug-likeness (QED) is 0.752. The molecule has 0 unspecified atom stereocenters. The zero-order valence-corrected chi connectivity index (χ0v) is 11.9. The summed E-state index contributed by atoms with van der Waals surface area (Å²) in [6.07, 6.45) is 0. The highest BCUT2D eigenvalue weighted by Crippen LogP contribution is 2.36. The van der Waals surface area contributed by atoms with Gasteiger partial charge >= 0.3 is 0 Å². The minimum absolute atomic E-state index is 0.244. The van der Waals surface area contributed by atoms with Crippen molar-refractivity contribution < 1.29 is 8.91 Å². The van der Waals surface area contributed by atoms with Gasteiger partial charge in [-0.05, 0) is 42.0 Å². The Hall–Kier alpha value is -2.14. The van der Waals surface area contributed by atoms with Crippen molar-refractivity contribution in [3.05, 3.63) is 58.8 Å². The predicted molar refractivity (Wildman–Crippen MR) is 79.4 cm³/mol. The zero-order valence-electron chi connectivity index (χ0n) is 10.3. The average molecular weight is 333 g/mol. The van der Waals surface area contributed by atoms with E-state index in [0.717, 1.165) is 10.0 Å². The molecular weight excluding hydrogens is 323 g/mol. The molecule has 0 amide bonds. The molecule has 2 aromatic carbocycles. The van der Waals surface area contributed by atoms with Crippen LogP contribution < -0.4 is 5.73 Å². The van der Waals surface area contributed by atoms with Crippen molar-refractivity contribution in [2.45, 2.75) is 0 Å². The molecule has 100 valence electrons. The van der Waals surface area contributed by atoms with Crippen LogP contribution in [-0.2, 0) is 0 Å². The first-order chi connectivity index (χ1) is 9.65. The molecule has 0 bridgehead atoms. The first kappa shape index (κ1) is 12.9. The van der Waals surface area contributed by atoms with E-state index >= 15 is 0 Å². The zero-order chi connectivity index (χ0) is 14.1. The fraction of sp³-hybridized carbons (Fsp3) is 0. The Balaban J connectivity index is 2.17. The number of halogens is 2. The largest absolute Gasteiger partial charge is 0.380 e. The van der Waals surface area contributed by atoms with Crippen LogP contribution >= 0.6 is 15.9 Å². The van der Waals surface area contributed by atoms with E-state index < -0.39 is 0 Å². The van der Waals surface area contributed by atoms with Gasteiger partial charge in [0.25, 0.3) is 0 Å². The van der Waals surface area contributed by atoms with Crippen LogP contribution in [0.2, 0.25) is 0 Å². The highest BCUT2D eigenvalue weighted by Gasteiger charge is 2.17. The molecule has 0 atom stereocenters. The second-order valence-corrected chi connectivity index (χ2v) is 5.20. The molecule has 20 heavy (non-hydrogen) atoms. The molecule has 3 nitrogen and oxygen atoms in total. The lowest BCUT2D eigenvalue weighted by Crippen LogP contribution is -1.89. The number of hydrogen-bond donors (Lipinski definition) is 1. The van der Waals surface area contributed by atoms with Crippen LogP contribution in [0, 0.1) is 5.82 Å². The topological polar surface area (TPSA) is 52.0 Å². The molecule has 0 aliphatic heterocycles. The number of anilines is 1. The van der Waals surface area contributed by atoms with Gasteiger partial charge in [0, 0.05) is 10.0 Å². The van der Waals surface area contributed by atoms with Crippen LogP contribution in [0.5, 0.6) is 0 Å². The van der Waals surface area contributed by atoms with Crippen LogP contribution in [0.3, 0.4) is 0 Å². The van der Waals surface area contributed by atoms with Crippen LogP contribution in [0.15, 0.2) is 57.5 Å². The van der Waals surface area contributed by atoms with Crippen LogP contribution in [0.4, 0.5) is 10.2 Å². The maximum Gasteiger partial charge on any atom is 0.176 e. The molecule has 0 aliphatic rings. The van der Waals surface area contributed by atoms with E-state index in [1.54, 1.807) is 12.1 Å². The van der Waals surface area contributed by atoms with Gasteiger partial charge < -0.3 is 10.3 Å². The Labute approximate surface area is 123 Å². The molecule has 1 aromatic heterocycles. The molecule has 0 fully saturated rings. The Morgan fingerprint density at radius 1 is 1.05 bits per heavy atom. The van der Waals surface area contributed by atoms with Crippen molar-refractivity contribution in [3.8, 4) is 22.5 Å². The first-order valence-electron chi connectivity index (χ1n) is 5.92. The smallest absolute Gasteiger partial charge is 0.176 e. The van der Waals surface area contributed by atoms with Crippen LogP contribution in [0.1, 0.15) is 0 Å². The number of nitrogens with two attached hydrogens (primary N) is 1. The summed E-state index contributed by atoms with van der Waals surface area (Å²) < 4.78 is 19.6. The van der Waals surface area contributed by atoms with Gasteiger partial charge in [0.05, 0.1) is 5.56 Å². The predicted octanol–water partition coefficient (Wildman–Crippen LogP) is 4.49. The van der Waals surface area contributed by atoms with Gasteiger partial charge in [-0.25, -0.2) is 4.39 Å². The number of benzene rings is 2. The van der Waals surface area contributed by atoms with E-state index in [2.05, 4.69) is 21.1 Å². The average Bonchev–Trinajstić information content (AvgIpc) is 2.81. The third kappa shape index (κ3) is 2.32. The Kier molecular flexibility index (Phi) is 3.28. The summed E-state index contributed by atoms with van der Waals surface area (Å²) in [5.74, 6) is 0.443. The highest BCUT2D eigenvalue weighted by molar-refractivity contribution is 9.10. The molecule has 0 saturated carbocycles. The van der Waals surface area contributed by atoms with Crippen LogP contribution in [-0.4, -0.2) is 5.16 Å². The maximum atomic E-state index is 13.4. The van der Waals surface area contributed by atoms with E-state index in [1.165, 1.54) is 12.1 Å². The second kappa shape index (κ2) is 5.09. The van der Waals surface area contributed by atoms with Crippen LogP contribution in [0.25, 0.3) is 22.5 Å². The van der Waals surface area contributed by atoms with Crippen molar-refractivity contribution in [1.82, 2.24) is 5.16 Å². The number of nitrogen functional groups attached to an aromatic ring is 1. The number of aromatic nitrogens is 1. The van der Waals surface area contributed by atoms with Gasteiger partial charge in [0.1, 0.15) is 5.82 Å². The summed E-state index contributed by atoms with van der Waals surface area (Å²) in [5, 5.41) is 3.79. The number of rotatable bonds is 2. The van der Waals surface area contributed by atoms with Gasteiger partial charge in [0.15, 0.2) is 11.6 Å². The molecule has 3 rings (SSSR count). The molecule has 0 saturated heterocycles. The summed E-state index contributed by atoms with van der Waals surface area (Å²) in [5.41, 5.74) is 7.93. The summed E-state index contributed by atoms with van der Waals surface area (Å²) in [7, 11) is 0. The third-order valence-electron chi connectivity index (χ3n) is 2.94. The van der Waals surface area contributed by atoms with E-state index in [1.807, 2.05) is 24.3 Å². The Bertz CT molecular complexity index is 753. The molecule has 5 heteroatoms. The molecule has 3 aromatic rings. The summed E-state index contributed by atoms with van der Waals surface area (Å²) >= 11 is 3.38. The summed E-state index contributed by atoms with van der Waals surface area (Å²) in [6.45, 7) is 0. The molecule has 2 N–H and O–H groups in total. The van der Waals surface area contributed by atoms with E-state index in [9.17, 15) is 4.39 Å². The number of hydrogen-bond acceptors (Lipinski definition) is 3. The molecule has 0 aliphatic carbocycles. The first-order valence-corrected chi connectivity index (χ1v) is 6.71. The van der Waals surface area contributed by atoms with Crippen molar-refractivity contribution >= 4 is 21.7 Å². The lowest BCUT2D eigenvalue weighted by atomic mass is 10.0. The maximum absolute atomic E-state index is 13.4. The monoisotopic (exact) mass is 332 g/mol. The van der Waals surface area contributed by atoms with E-state index in [0.29, 0.717) is 16.9 Å². The van der Waals surface area contributed by atoms with Crippen molar-refractivity contribution in [1.29, 1.82) is 0 Å². The van der Waals surface area contributed by atoms with Gasteiger partial charge in [-0.15, -0.1) is 0 Å². The summed E-state index contributed by atoms with van der Waals surface area (Å²) in [6, 6.07) is 13.7. The highest BCUT2D eigenvalue weighted by atomic mass is 79.9. The van der Waals surface area contributed by atoms with E-state index in [4.69, 9.17) is 10.3 Å². The molecule has 0 spiro atoms. The standard InChI is InChI=1S/C15H10BrFN2O/c16-11-6-4-9(5-7-11)14-13(15(18)19-20-14)10-2-1-3-12(17)8-10/h1-8H,(H2,18,19). The minimum Gasteiger partial charge on any atom is -0.380 e. The number of nitrogens with zero attached hydrogens (tertiary/aromatic N) is 1. The Morgan fingerprint density at radius 2 is 1.80 bits per heavy atom. The van der Waals surface area contributed by atoms with Gasteiger partial charge in [-0.1, -0.05) is 33.2 Å². The fourth-order valence-corrected chi connectivity index (χ4v) is 2.29. The third-order valence-corrected chi connectivity index (χ3v) is 3.47. The SMILES string of the molecule is Nc1noc(-c2ccc(Br)cc2)c1-c1cccc(F)c1. The lowest BCUT2D eigenvalue weighted by molar-refractivity contribution is 0.436. The normalized spacial score (nSPS) is 10.7. The lowest BCUT2D eigenvalue weighted by Gasteiger charge is -2.03. The van der Waals surface area contributed by atoms with Crippen molar-refractivity contribution in [2.24, 2.45) is 0 Å². The van der Waals surface area contributed by atoms with E-state index in [-0.39, 0.29) is 11.6 Å². The minimum atomic E-state index is -0.329. The molecule has 1 heterocycles. The van der Waals surface area contributed by atoms with Crippen molar-refractivity contribution in [3.63, 3.8) is 0 Å².